The molecule has 2 atom stereocenters. The fourth-order valence-corrected chi connectivity index (χ4v) is 3.02. The van der Waals surface area contributed by atoms with E-state index in [4.69, 9.17) is 6.42 Å². The summed E-state index contributed by atoms with van der Waals surface area (Å²) in [5.74, 6) is 3.36. The normalized spacial score (nSPS) is 19.5. The Balaban J connectivity index is 1.46. The van der Waals surface area contributed by atoms with E-state index in [1.54, 1.807) is 0 Å². The minimum Gasteiger partial charge on any atom is -0.309 e. The van der Waals surface area contributed by atoms with Gasteiger partial charge >= 0.3 is 0 Å². The molecule has 0 saturated heterocycles. The largest absolute Gasteiger partial charge is 0.309 e. The molecule has 1 N–H and O–H groups in total. The number of benzene rings is 2. The number of nitrogens with zero attached hydrogens (tertiary/aromatic N) is 1. The molecule has 1 aliphatic carbocycles. The van der Waals surface area contributed by atoms with Gasteiger partial charge in [0.25, 0.3) is 0 Å². The van der Waals surface area contributed by atoms with E-state index >= 15 is 0 Å². The van der Waals surface area contributed by atoms with Crippen molar-refractivity contribution in [1.29, 1.82) is 0 Å². The summed E-state index contributed by atoms with van der Waals surface area (Å²) in [5.41, 5.74) is 4.10. The van der Waals surface area contributed by atoms with Crippen molar-refractivity contribution in [3.05, 3.63) is 71.3 Å². The Morgan fingerprint density at radius 2 is 1.78 bits per heavy atom. The monoisotopic (exact) mass is 304 g/mol. The second-order valence-corrected chi connectivity index (χ2v) is 6.43. The highest BCUT2D eigenvalue weighted by molar-refractivity contribution is 5.28. The van der Waals surface area contributed by atoms with Gasteiger partial charge in [-0.3, -0.25) is 4.90 Å². The van der Waals surface area contributed by atoms with E-state index in [0.717, 1.165) is 13.1 Å². The highest BCUT2D eigenvalue weighted by Gasteiger charge is 2.37. The van der Waals surface area contributed by atoms with Gasteiger partial charge in [0.15, 0.2) is 0 Å². The second kappa shape index (κ2) is 7.46. The molecule has 1 aliphatic rings. The summed E-state index contributed by atoms with van der Waals surface area (Å²) < 4.78 is 0. The summed E-state index contributed by atoms with van der Waals surface area (Å²) in [7, 11) is 2.05. The van der Waals surface area contributed by atoms with E-state index < -0.39 is 0 Å². The number of hydrogen-bond acceptors (Lipinski definition) is 2. The highest BCUT2D eigenvalue weighted by Crippen LogP contribution is 2.40. The molecular weight excluding hydrogens is 280 g/mol. The van der Waals surface area contributed by atoms with Gasteiger partial charge in [-0.15, -0.1) is 6.42 Å². The molecule has 0 heterocycles. The lowest BCUT2D eigenvalue weighted by Gasteiger charge is -2.13. The average Bonchev–Trinajstić information content (AvgIpc) is 3.35. The molecule has 0 amide bonds. The average molecular weight is 304 g/mol. The molecule has 2 aromatic carbocycles. The third-order valence-corrected chi connectivity index (χ3v) is 4.42. The zero-order valence-electron chi connectivity index (χ0n) is 13.7. The zero-order chi connectivity index (χ0) is 16.1. The van der Waals surface area contributed by atoms with Gasteiger partial charge in [0, 0.05) is 25.0 Å². The number of hydrogen-bond donors (Lipinski definition) is 1. The summed E-state index contributed by atoms with van der Waals surface area (Å²) >= 11 is 0. The Labute approximate surface area is 139 Å². The van der Waals surface area contributed by atoms with Gasteiger partial charge < -0.3 is 5.32 Å². The first kappa shape index (κ1) is 15.8. The lowest BCUT2D eigenvalue weighted by Crippen LogP contribution is -2.18. The maximum atomic E-state index is 5.33. The number of terminal acetylenes is 1. The molecule has 2 heteroatoms. The molecule has 2 nitrogen and oxygen atoms in total. The summed E-state index contributed by atoms with van der Waals surface area (Å²) in [5, 5.41) is 3.67. The Kier molecular flexibility index (Phi) is 5.12. The van der Waals surface area contributed by atoms with Gasteiger partial charge in [-0.2, -0.15) is 0 Å². The van der Waals surface area contributed by atoms with Crippen LogP contribution in [0.25, 0.3) is 0 Å². The third kappa shape index (κ3) is 4.45. The predicted molar refractivity (Wildman–Crippen MR) is 96.0 cm³/mol. The summed E-state index contributed by atoms with van der Waals surface area (Å²) in [4.78, 5) is 2.14. The van der Waals surface area contributed by atoms with Crippen LogP contribution in [-0.2, 0) is 13.1 Å². The van der Waals surface area contributed by atoms with E-state index in [1.165, 1.54) is 23.1 Å². The van der Waals surface area contributed by atoms with Gasteiger partial charge in [0.1, 0.15) is 0 Å². The van der Waals surface area contributed by atoms with Crippen molar-refractivity contribution in [1.82, 2.24) is 10.2 Å². The van der Waals surface area contributed by atoms with Crippen LogP contribution in [0.2, 0.25) is 0 Å². The van der Waals surface area contributed by atoms with Crippen LogP contribution in [0.1, 0.15) is 29.0 Å². The molecular formula is C21H24N2. The molecule has 0 aliphatic heterocycles. The summed E-state index contributed by atoms with van der Waals surface area (Å²) in [6, 6.07) is 20.2. The van der Waals surface area contributed by atoms with E-state index in [1.807, 2.05) is 7.05 Å². The maximum Gasteiger partial charge on any atom is 0.0599 e. The molecule has 0 spiro atoms. The van der Waals surface area contributed by atoms with Crippen molar-refractivity contribution in [3.63, 3.8) is 0 Å². The van der Waals surface area contributed by atoms with E-state index in [9.17, 15) is 0 Å². The molecule has 1 saturated carbocycles. The van der Waals surface area contributed by atoms with Crippen LogP contribution in [0.5, 0.6) is 0 Å². The minimum absolute atomic E-state index is 0.624. The molecule has 0 aromatic heterocycles. The van der Waals surface area contributed by atoms with Crippen LogP contribution >= 0.6 is 0 Å². The van der Waals surface area contributed by atoms with Gasteiger partial charge in [0.05, 0.1) is 6.54 Å². The van der Waals surface area contributed by atoms with E-state index in [2.05, 4.69) is 70.7 Å². The third-order valence-electron chi connectivity index (χ3n) is 4.42. The smallest absolute Gasteiger partial charge is 0.0599 e. The molecule has 0 bridgehead atoms. The molecule has 118 valence electrons. The van der Waals surface area contributed by atoms with Crippen LogP contribution in [-0.4, -0.2) is 24.5 Å². The van der Waals surface area contributed by atoms with E-state index in [-0.39, 0.29) is 0 Å². The van der Waals surface area contributed by atoms with Crippen molar-refractivity contribution in [2.75, 3.05) is 13.6 Å². The van der Waals surface area contributed by atoms with Crippen LogP contribution in [0, 0.1) is 12.3 Å². The molecule has 1 fully saturated rings. The Hall–Kier alpha value is -2.08. The minimum atomic E-state index is 0.624. The lowest BCUT2D eigenvalue weighted by atomic mass is 10.1. The van der Waals surface area contributed by atoms with Crippen molar-refractivity contribution in [2.24, 2.45) is 0 Å². The number of rotatable bonds is 7. The quantitative estimate of drug-likeness (QED) is 0.789. The first-order valence-electron chi connectivity index (χ1n) is 8.24. The SMILES string of the molecule is C#CCN(C)Cc1ccc(CN[C@@H]2C[C@H]2c2ccccc2)cc1. The lowest BCUT2D eigenvalue weighted by molar-refractivity contribution is 0.369. The summed E-state index contributed by atoms with van der Waals surface area (Å²) in [6.45, 7) is 2.52. The number of nitrogens with one attached hydrogen (secondary N) is 1. The molecule has 0 radical (unpaired) electrons. The van der Waals surface area contributed by atoms with Crippen LogP contribution in [0.3, 0.4) is 0 Å². The van der Waals surface area contributed by atoms with Crippen LogP contribution in [0.15, 0.2) is 54.6 Å². The Morgan fingerprint density at radius 3 is 2.48 bits per heavy atom. The zero-order valence-corrected chi connectivity index (χ0v) is 13.7. The van der Waals surface area contributed by atoms with Crippen LogP contribution < -0.4 is 5.32 Å². The van der Waals surface area contributed by atoms with Gasteiger partial charge in [-0.05, 0) is 30.2 Å². The van der Waals surface area contributed by atoms with Gasteiger partial charge in [-0.25, -0.2) is 0 Å². The van der Waals surface area contributed by atoms with E-state index in [0.29, 0.717) is 18.5 Å². The van der Waals surface area contributed by atoms with Gasteiger partial charge in [-0.1, -0.05) is 60.5 Å². The molecule has 3 rings (SSSR count). The predicted octanol–water partition coefficient (Wildman–Crippen LogP) is 3.40. The van der Waals surface area contributed by atoms with Crippen molar-refractivity contribution in [3.8, 4) is 12.3 Å². The standard InChI is InChI=1S/C21H24N2/c1-3-13-23(2)16-18-11-9-17(10-12-18)15-22-21-14-20(21)19-7-5-4-6-8-19/h1,4-12,20-22H,13-16H2,2H3/t20-,21+/m0/s1. The second-order valence-electron chi connectivity index (χ2n) is 6.43. The molecule has 23 heavy (non-hydrogen) atoms. The summed E-state index contributed by atoms with van der Waals surface area (Å²) in [6.07, 6.45) is 6.58. The van der Waals surface area contributed by atoms with Crippen molar-refractivity contribution < 1.29 is 0 Å². The maximum absolute atomic E-state index is 5.33. The highest BCUT2D eigenvalue weighted by atomic mass is 15.1. The molecule has 2 aromatic rings. The Bertz CT molecular complexity index is 654. The topological polar surface area (TPSA) is 15.3 Å². The fourth-order valence-electron chi connectivity index (χ4n) is 3.02. The fraction of sp³-hybridized carbons (Fsp3) is 0.333. The van der Waals surface area contributed by atoms with Crippen molar-refractivity contribution in [2.45, 2.75) is 31.5 Å². The van der Waals surface area contributed by atoms with Crippen LogP contribution in [0.4, 0.5) is 0 Å². The first-order valence-corrected chi connectivity index (χ1v) is 8.24. The Morgan fingerprint density at radius 1 is 1.09 bits per heavy atom. The van der Waals surface area contributed by atoms with Crippen molar-refractivity contribution >= 4 is 0 Å². The molecule has 0 unspecified atom stereocenters. The first-order chi connectivity index (χ1) is 11.3. The van der Waals surface area contributed by atoms with Gasteiger partial charge in [0.2, 0.25) is 0 Å².